The number of aromatic nitrogens is 3. The molecule has 1 aliphatic rings. The third-order valence-electron chi connectivity index (χ3n) is 6.47. The number of carbonyl (C=O) groups excluding carboxylic acids is 1. The van der Waals surface area contributed by atoms with E-state index in [1.54, 1.807) is 4.90 Å². The molecule has 1 atom stereocenters. The van der Waals surface area contributed by atoms with Gasteiger partial charge in [0.15, 0.2) is 5.65 Å². The van der Waals surface area contributed by atoms with Crippen molar-refractivity contribution >= 4 is 22.8 Å². The van der Waals surface area contributed by atoms with Crippen LogP contribution in [0.25, 0.3) is 22.4 Å². The van der Waals surface area contributed by atoms with Crippen LogP contribution >= 0.6 is 0 Å². The van der Waals surface area contributed by atoms with Gasteiger partial charge in [0.2, 0.25) is 5.91 Å². The Morgan fingerprint density at radius 2 is 1.84 bits per heavy atom. The van der Waals surface area contributed by atoms with Crippen LogP contribution in [0.1, 0.15) is 39.2 Å². The third kappa shape index (κ3) is 4.28. The van der Waals surface area contributed by atoms with Gasteiger partial charge in [0.05, 0.1) is 11.9 Å². The number of aliphatic hydroxyl groups excluding tert-OH is 1. The monoisotopic (exact) mass is 421 g/mol. The van der Waals surface area contributed by atoms with Crippen LogP contribution in [-0.2, 0) is 4.79 Å². The Morgan fingerprint density at radius 1 is 1.16 bits per heavy atom. The summed E-state index contributed by atoms with van der Waals surface area (Å²) in [5.74, 6) is 0.151. The summed E-state index contributed by atoms with van der Waals surface area (Å²) in [6, 6.07) is 8.35. The number of carbonyl (C=O) groups is 1. The highest BCUT2D eigenvalue weighted by Crippen LogP contribution is 2.37. The van der Waals surface area contributed by atoms with E-state index < -0.39 is 6.61 Å². The maximum absolute atomic E-state index is 11.6. The van der Waals surface area contributed by atoms with Crippen molar-refractivity contribution in [2.24, 2.45) is 5.41 Å². The van der Waals surface area contributed by atoms with E-state index in [0.29, 0.717) is 19.0 Å². The van der Waals surface area contributed by atoms with Gasteiger partial charge in [0, 0.05) is 49.2 Å². The normalized spacial score (nSPS) is 16.0. The average molecular weight is 422 g/mol. The topological polar surface area (TPSA) is 85.4 Å². The number of anilines is 1. The number of nitrogens with one attached hydrogen (secondary N) is 1. The standard InChI is InChI=1S/C24H31N5O2/c1-16(24(2,3)4)19-13-25-23-22(19)27-20(14-26-23)17-5-7-18(8-6-17)28-9-11-29(12-10-28)21(31)15-30/h5-8,13-14,16,30H,9-12,15H2,1-4H3,(H,25,26). The molecule has 1 aliphatic heterocycles. The zero-order valence-corrected chi connectivity index (χ0v) is 18.7. The van der Waals surface area contributed by atoms with Crippen LogP contribution in [0.15, 0.2) is 36.7 Å². The first-order valence-electron chi connectivity index (χ1n) is 10.9. The summed E-state index contributed by atoms with van der Waals surface area (Å²) in [5, 5.41) is 9.03. The number of hydrogen-bond acceptors (Lipinski definition) is 5. The smallest absolute Gasteiger partial charge is 0.248 e. The molecule has 7 nitrogen and oxygen atoms in total. The number of aromatic amines is 1. The fraction of sp³-hybridized carbons (Fsp3) is 0.458. The molecule has 4 rings (SSSR count). The van der Waals surface area contributed by atoms with Gasteiger partial charge in [-0.25, -0.2) is 9.97 Å². The van der Waals surface area contributed by atoms with Gasteiger partial charge >= 0.3 is 0 Å². The molecule has 1 amide bonds. The second kappa shape index (κ2) is 8.30. The van der Waals surface area contributed by atoms with Crippen molar-refractivity contribution in [3.8, 4) is 11.3 Å². The molecule has 0 radical (unpaired) electrons. The maximum atomic E-state index is 11.6. The highest BCUT2D eigenvalue weighted by molar-refractivity contribution is 5.79. The Morgan fingerprint density at radius 3 is 2.45 bits per heavy atom. The molecule has 2 aromatic heterocycles. The molecule has 1 saturated heterocycles. The summed E-state index contributed by atoms with van der Waals surface area (Å²) in [6.45, 7) is 11.3. The molecule has 164 valence electrons. The lowest BCUT2D eigenvalue weighted by molar-refractivity contribution is -0.134. The quantitative estimate of drug-likeness (QED) is 0.674. The second-order valence-electron chi connectivity index (χ2n) is 9.36. The van der Waals surface area contributed by atoms with Gasteiger partial charge in [0.1, 0.15) is 12.1 Å². The Bertz CT molecular complexity index is 1060. The highest BCUT2D eigenvalue weighted by Gasteiger charge is 2.25. The lowest BCUT2D eigenvalue weighted by Crippen LogP contribution is -2.49. The lowest BCUT2D eigenvalue weighted by Gasteiger charge is -2.35. The van der Waals surface area contributed by atoms with Gasteiger partial charge in [-0.3, -0.25) is 4.79 Å². The zero-order valence-electron chi connectivity index (χ0n) is 18.7. The molecular weight excluding hydrogens is 390 g/mol. The number of H-pyrrole nitrogens is 1. The minimum absolute atomic E-state index is 0.139. The molecule has 31 heavy (non-hydrogen) atoms. The lowest BCUT2D eigenvalue weighted by atomic mass is 9.78. The molecule has 1 unspecified atom stereocenters. The van der Waals surface area contributed by atoms with Crippen molar-refractivity contribution in [3.05, 3.63) is 42.2 Å². The zero-order chi connectivity index (χ0) is 22.2. The van der Waals surface area contributed by atoms with Gasteiger partial charge in [0.25, 0.3) is 0 Å². The number of benzene rings is 1. The summed E-state index contributed by atoms with van der Waals surface area (Å²) >= 11 is 0. The molecule has 7 heteroatoms. The first-order chi connectivity index (χ1) is 14.8. The second-order valence-corrected chi connectivity index (χ2v) is 9.36. The number of piperazine rings is 1. The van der Waals surface area contributed by atoms with Crippen LogP contribution in [-0.4, -0.2) is 63.7 Å². The Kier molecular flexibility index (Phi) is 5.71. The van der Waals surface area contributed by atoms with E-state index in [1.807, 2.05) is 12.4 Å². The van der Waals surface area contributed by atoms with Gasteiger partial charge < -0.3 is 19.9 Å². The summed E-state index contributed by atoms with van der Waals surface area (Å²) in [6.07, 6.45) is 3.85. The number of rotatable bonds is 4. The molecule has 0 saturated carbocycles. The van der Waals surface area contributed by atoms with Crippen LogP contribution in [0, 0.1) is 5.41 Å². The van der Waals surface area contributed by atoms with E-state index in [-0.39, 0.29) is 11.3 Å². The van der Waals surface area contributed by atoms with E-state index in [1.165, 1.54) is 5.56 Å². The fourth-order valence-electron chi connectivity index (χ4n) is 4.00. The van der Waals surface area contributed by atoms with Crippen molar-refractivity contribution in [2.45, 2.75) is 33.6 Å². The summed E-state index contributed by atoms with van der Waals surface area (Å²) in [4.78, 5) is 28.4. The number of amides is 1. The molecule has 2 N–H and O–H groups in total. The van der Waals surface area contributed by atoms with Crippen LogP contribution in [0.3, 0.4) is 0 Å². The largest absolute Gasteiger partial charge is 0.387 e. The van der Waals surface area contributed by atoms with E-state index in [4.69, 9.17) is 10.1 Å². The highest BCUT2D eigenvalue weighted by atomic mass is 16.3. The van der Waals surface area contributed by atoms with Gasteiger partial charge in [-0.2, -0.15) is 0 Å². The number of fused-ring (bicyclic) bond motifs is 1. The Labute approximate surface area is 183 Å². The third-order valence-corrected chi connectivity index (χ3v) is 6.47. The number of aliphatic hydroxyl groups is 1. The summed E-state index contributed by atoms with van der Waals surface area (Å²) in [5.41, 5.74) is 6.11. The molecule has 0 spiro atoms. The molecule has 1 fully saturated rings. The van der Waals surface area contributed by atoms with Crippen molar-refractivity contribution < 1.29 is 9.90 Å². The molecule has 3 aromatic rings. The van der Waals surface area contributed by atoms with Crippen LogP contribution < -0.4 is 4.90 Å². The van der Waals surface area contributed by atoms with E-state index in [9.17, 15) is 4.79 Å². The molecule has 1 aromatic carbocycles. The maximum Gasteiger partial charge on any atom is 0.248 e. The van der Waals surface area contributed by atoms with Crippen molar-refractivity contribution in [2.75, 3.05) is 37.7 Å². The minimum Gasteiger partial charge on any atom is -0.387 e. The Balaban J connectivity index is 1.53. The van der Waals surface area contributed by atoms with Gasteiger partial charge in [-0.15, -0.1) is 0 Å². The van der Waals surface area contributed by atoms with Gasteiger partial charge in [-0.05, 0) is 23.5 Å². The SMILES string of the molecule is CC(c1c[nH]c2ncc(-c3ccc(N4CCN(C(=O)CO)CC4)cc3)nc12)C(C)(C)C. The van der Waals surface area contributed by atoms with E-state index in [2.05, 4.69) is 66.8 Å². The number of nitrogens with zero attached hydrogens (tertiary/aromatic N) is 4. The number of hydrogen-bond donors (Lipinski definition) is 2. The van der Waals surface area contributed by atoms with Crippen molar-refractivity contribution in [3.63, 3.8) is 0 Å². The average Bonchev–Trinajstić information content (AvgIpc) is 3.20. The van der Waals surface area contributed by atoms with Crippen molar-refractivity contribution in [1.29, 1.82) is 0 Å². The van der Waals surface area contributed by atoms with E-state index in [0.717, 1.165) is 41.2 Å². The molecular formula is C24H31N5O2. The van der Waals surface area contributed by atoms with Gasteiger partial charge in [-0.1, -0.05) is 39.8 Å². The summed E-state index contributed by atoms with van der Waals surface area (Å²) in [7, 11) is 0. The predicted octanol–water partition coefficient (Wildman–Crippen LogP) is 3.42. The van der Waals surface area contributed by atoms with Crippen molar-refractivity contribution in [1.82, 2.24) is 19.9 Å². The van der Waals surface area contributed by atoms with E-state index >= 15 is 0 Å². The van der Waals surface area contributed by atoms with Crippen LogP contribution in [0.5, 0.6) is 0 Å². The fourth-order valence-corrected chi connectivity index (χ4v) is 4.00. The minimum atomic E-state index is -0.419. The molecule has 0 aliphatic carbocycles. The predicted molar refractivity (Wildman–Crippen MR) is 123 cm³/mol. The first kappa shape index (κ1) is 21.3. The summed E-state index contributed by atoms with van der Waals surface area (Å²) < 4.78 is 0. The molecule has 0 bridgehead atoms. The molecule has 3 heterocycles. The van der Waals surface area contributed by atoms with Crippen LogP contribution in [0.2, 0.25) is 0 Å². The Hall–Kier alpha value is -2.93. The van der Waals surface area contributed by atoms with Crippen LogP contribution in [0.4, 0.5) is 5.69 Å². The first-order valence-corrected chi connectivity index (χ1v) is 10.9.